The summed E-state index contributed by atoms with van der Waals surface area (Å²) in [5, 5.41) is 10.9. The highest BCUT2D eigenvalue weighted by molar-refractivity contribution is 5.77. The molecular weight excluding hydrogens is 166 g/mol. The Kier molecular flexibility index (Phi) is 3.09. The Morgan fingerprint density at radius 1 is 1.77 bits per heavy atom. The van der Waals surface area contributed by atoms with Gasteiger partial charge in [-0.05, 0) is 11.6 Å². The molecule has 0 saturated heterocycles. The number of carbonyl (C=O) groups is 1. The van der Waals surface area contributed by atoms with Crippen molar-refractivity contribution in [3.63, 3.8) is 0 Å². The molecule has 68 valence electrons. The van der Waals surface area contributed by atoms with E-state index in [0.717, 1.165) is 5.56 Å². The molecule has 0 aliphatic rings. The third-order valence-electron chi connectivity index (χ3n) is 1.62. The zero-order chi connectivity index (χ0) is 9.68. The summed E-state index contributed by atoms with van der Waals surface area (Å²) >= 11 is 0. The van der Waals surface area contributed by atoms with E-state index in [1.807, 2.05) is 30.1 Å². The molecule has 0 spiro atoms. The van der Waals surface area contributed by atoms with Crippen molar-refractivity contribution in [2.75, 3.05) is 0 Å². The number of carbonyl (C=O) groups excluding carboxylic acids is 1. The highest BCUT2D eigenvalue weighted by Gasteiger charge is 1.99. The van der Waals surface area contributed by atoms with Crippen LogP contribution in [0, 0.1) is 11.3 Å². The fourth-order valence-electron chi connectivity index (χ4n) is 1.00. The molecule has 1 heterocycles. The van der Waals surface area contributed by atoms with Crippen LogP contribution in [0.4, 0.5) is 0 Å². The lowest BCUT2D eigenvalue weighted by atomic mass is 10.3. The number of nitriles is 1. The molecule has 1 aromatic heterocycles. The Morgan fingerprint density at radius 2 is 2.54 bits per heavy atom. The Bertz CT molecular complexity index is 335. The maximum Gasteiger partial charge on any atom is 0.234 e. The molecule has 1 N–H and O–H groups in total. The van der Waals surface area contributed by atoms with E-state index >= 15 is 0 Å². The molecule has 0 saturated carbocycles. The van der Waals surface area contributed by atoms with E-state index in [1.54, 1.807) is 6.07 Å². The van der Waals surface area contributed by atoms with Gasteiger partial charge in [-0.3, -0.25) is 4.79 Å². The summed E-state index contributed by atoms with van der Waals surface area (Å²) in [5.41, 5.74) is 1.04. The summed E-state index contributed by atoms with van der Waals surface area (Å²) in [5.74, 6) is -0.230. The summed E-state index contributed by atoms with van der Waals surface area (Å²) in [4.78, 5) is 10.9. The van der Waals surface area contributed by atoms with Gasteiger partial charge < -0.3 is 9.88 Å². The normalized spacial score (nSPS) is 9.23. The molecule has 1 amide bonds. The molecule has 0 aliphatic heterocycles. The standard InChI is InChI=1S/C9H11N3O/c1-12-5-3-8(7-12)6-11-9(13)2-4-10/h3,5,7H,2,6H2,1H3,(H,11,13). The molecule has 0 unspecified atom stereocenters. The average molecular weight is 177 g/mol. The van der Waals surface area contributed by atoms with Crippen molar-refractivity contribution in [3.8, 4) is 6.07 Å². The smallest absolute Gasteiger partial charge is 0.234 e. The number of nitrogens with one attached hydrogen (secondary N) is 1. The number of aryl methyl sites for hydroxylation is 1. The molecule has 0 fully saturated rings. The third-order valence-corrected chi connectivity index (χ3v) is 1.62. The highest BCUT2D eigenvalue weighted by Crippen LogP contribution is 1.98. The van der Waals surface area contributed by atoms with Crippen LogP contribution in [0.3, 0.4) is 0 Å². The maximum absolute atomic E-state index is 10.9. The molecule has 0 radical (unpaired) electrons. The first-order chi connectivity index (χ1) is 6.22. The number of amides is 1. The van der Waals surface area contributed by atoms with Crippen molar-refractivity contribution in [3.05, 3.63) is 24.0 Å². The van der Waals surface area contributed by atoms with Gasteiger partial charge in [0.05, 0.1) is 6.07 Å². The molecule has 4 nitrogen and oxygen atoms in total. The topological polar surface area (TPSA) is 57.8 Å². The van der Waals surface area contributed by atoms with Crippen molar-refractivity contribution < 1.29 is 4.79 Å². The molecule has 0 aliphatic carbocycles. The summed E-state index contributed by atoms with van der Waals surface area (Å²) in [6, 6.07) is 3.71. The molecule has 0 atom stereocenters. The quantitative estimate of drug-likeness (QED) is 0.733. The van der Waals surface area contributed by atoms with Gasteiger partial charge in [0.15, 0.2) is 0 Å². The number of rotatable bonds is 3. The molecule has 13 heavy (non-hydrogen) atoms. The minimum absolute atomic E-state index is 0.0766. The van der Waals surface area contributed by atoms with Gasteiger partial charge in [-0.15, -0.1) is 0 Å². The zero-order valence-electron chi connectivity index (χ0n) is 7.45. The first kappa shape index (κ1) is 9.33. The fraction of sp³-hybridized carbons (Fsp3) is 0.333. The van der Waals surface area contributed by atoms with Crippen LogP contribution in [-0.2, 0) is 18.4 Å². The van der Waals surface area contributed by atoms with Crippen LogP contribution >= 0.6 is 0 Å². The second-order valence-corrected chi connectivity index (χ2v) is 2.80. The first-order valence-electron chi connectivity index (χ1n) is 3.97. The van der Waals surface area contributed by atoms with Crippen LogP contribution in [0.15, 0.2) is 18.5 Å². The number of aromatic nitrogens is 1. The van der Waals surface area contributed by atoms with Gasteiger partial charge in [0.1, 0.15) is 6.42 Å². The van der Waals surface area contributed by atoms with E-state index in [-0.39, 0.29) is 12.3 Å². The van der Waals surface area contributed by atoms with Crippen LogP contribution in [0.1, 0.15) is 12.0 Å². The van der Waals surface area contributed by atoms with Crippen LogP contribution < -0.4 is 5.32 Å². The van der Waals surface area contributed by atoms with Gasteiger partial charge in [-0.1, -0.05) is 0 Å². The second-order valence-electron chi connectivity index (χ2n) is 2.80. The van der Waals surface area contributed by atoms with Crippen molar-refractivity contribution >= 4 is 5.91 Å². The van der Waals surface area contributed by atoms with Crippen molar-refractivity contribution in [2.45, 2.75) is 13.0 Å². The molecule has 0 bridgehead atoms. The Morgan fingerprint density at radius 3 is 3.08 bits per heavy atom. The van der Waals surface area contributed by atoms with Crippen LogP contribution in [0.2, 0.25) is 0 Å². The van der Waals surface area contributed by atoms with Crippen molar-refractivity contribution in [2.24, 2.45) is 7.05 Å². The van der Waals surface area contributed by atoms with Gasteiger partial charge >= 0.3 is 0 Å². The summed E-state index contributed by atoms with van der Waals surface area (Å²) in [7, 11) is 1.92. The second kappa shape index (κ2) is 4.31. The number of hydrogen-bond acceptors (Lipinski definition) is 2. The lowest BCUT2D eigenvalue weighted by molar-refractivity contribution is -0.120. The average Bonchev–Trinajstić information content (AvgIpc) is 2.49. The first-order valence-corrected chi connectivity index (χ1v) is 3.97. The van der Waals surface area contributed by atoms with Crippen molar-refractivity contribution in [1.29, 1.82) is 5.26 Å². The minimum Gasteiger partial charge on any atom is -0.357 e. The number of nitrogens with zero attached hydrogens (tertiary/aromatic N) is 2. The molecule has 1 rings (SSSR count). The SMILES string of the molecule is Cn1ccc(CNC(=O)CC#N)c1. The minimum atomic E-state index is -0.230. The molecule has 0 aromatic carbocycles. The van der Waals surface area contributed by atoms with Crippen LogP contribution in [0.5, 0.6) is 0 Å². The third kappa shape index (κ3) is 2.99. The Hall–Kier alpha value is -1.76. The van der Waals surface area contributed by atoms with Gasteiger partial charge in [0.25, 0.3) is 0 Å². The van der Waals surface area contributed by atoms with E-state index in [4.69, 9.17) is 5.26 Å². The number of hydrogen-bond donors (Lipinski definition) is 1. The van der Waals surface area contributed by atoms with E-state index < -0.39 is 0 Å². The van der Waals surface area contributed by atoms with Crippen molar-refractivity contribution in [1.82, 2.24) is 9.88 Å². The zero-order valence-corrected chi connectivity index (χ0v) is 7.45. The largest absolute Gasteiger partial charge is 0.357 e. The van der Waals surface area contributed by atoms with Crippen LogP contribution in [0.25, 0.3) is 0 Å². The van der Waals surface area contributed by atoms with E-state index in [2.05, 4.69) is 5.32 Å². The Balaban J connectivity index is 2.36. The van der Waals surface area contributed by atoms with Crippen LogP contribution in [-0.4, -0.2) is 10.5 Å². The van der Waals surface area contributed by atoms with Gasteiger partial charge in [-0.2, -0.15) is 5.26 Å². The monoisotopic (exact) mass is 177 g/mol. The molecular formula is C9H11N3O. The summed E-state index contributed by atoms with van der Waals surface area (Å²) in [6.45, 7) is 0.487. The molecule has 4 heteroatoms. The highest BCUT2D eigenvalue weighted by atomic mass is 16.1. The van der Waals surface area contributed by atoms with E-state index in [1.165, 1.54) is 0 Å². The lowest BCUT2D eigenvalue weighted by Crippen LogP contribution is -2.21. The van der Waals surface area contributed by atoms with E-state index in [0.29, 0.717) is 6.54 Å². The van der Waals surface area contributed by atoms with Gasteiger partial charge in [0, 0.05) is 26.0 Å². The maximum atomic E-state index is 10.9. The lowest BCUT2D eigenvalue weighted by Gasteiger charge is -1.98. The fourth-order valence-corrected chi connectivity index (χ4v) is 1.00. The molecule has 1 aromatic rings. The van der Waals surface area contributed by atoms with E-state index in [9.17, 15) is 4.79 Å². The summed E-state index contributed by atoms with van der Waals surface area (Å²) < 4.78 is 1.91. The van der Waals surface area contributed by atoms with Gasteiger partial charge in [0.2, 0.25) is 5.91 Å². The van der Waals surface area contributed by atoms with Gasteiger partial charge in [-0.25, -0.2) is 0 Å². The predicted octanol–water partition coefficient (Wildman–Crippen LogP) is 0.555. The predicted molar refractivity (Wildman–Crippen MR) is 47.5 cm³/mol. The Labute approximate surface area is 76.8 Å². The summed E-state index contributed by atoms with van der Waals surface area (Å²) in [6.07, 6.45) is 3.76.